The summed E-state index contributed by atoms with van der Waals surface area (Å²) < 4.78 is 7.45. The number of para-hydroxylation sites is 1. The Labute approximate surface area is 204 Å². The molecule has 178 valence electrons. The Morgan fingerprint density at radius 2 is 1.74 bits per heavy atom. The highest BCUT2D eigenvalue weighted by Crippen LogP contribution is 2.40. The molecule has 1 amide bonds. The zero-order valence-corrected chi connectivity index (χ0v) is 20.1. The molecule has 7 nitrogen and oxygen atoms in total. The Morgan fingerprint density at radius 1 is 1.03 bits per heavy atom. The molecule has 7 heteroatoms. The number of rotatable bonds is 7. The topological polar surface area (TPSA) is 86.1 Å². The number of anilines is 1. The van der Waals surface area contributed by atoms with Gasteiger partial charge < -0.3 is 10.1 Å². The average molecular weight is 469 g/mol. The normalized spacial score (nSPS) is 14.2. The Balaban J connectivity index is 1.37. The third-order valence-electron chi connectivity index (χ3n) is 6.21. The van der Waals surface area contributed by atoms with Crippen molar-refractivity contribution < 1.29 is 14.3 Å². The molecule has 0 saturated heterocycles. The van der Waals surface area contributed by atoms with Crippen molar-refractivity contribution in [2.75, 3.05) is 5.32 Å². The molecular weight excluding hydrogens is 440 g/mol. The fraction of sp³-hybridized carbons (Fsp3) is 0.286. The number of fused-ring (bicyclic) bond motifs is 1. The minimum absolute atomic E-state index is 0.104. The van der Waals surface area contributed by atoms with Gasteiger partial charge in [-0.2, -0.15) is 5.10 Å². The second kappa shape index (κ2) is 9.33. The van der Waals surface area contributed by atoms with Crippen LogP contribution < -0.4 is 5.32 Å². The van der Waals surface area contributed by atoms with Crippen LogP contribution in [0, 0.1) is 0 Å². The number of carbonyl (C=O) groups excluding carboxylic acids is 2. The van der Waals surface area contributed by atoms with Crippen LogP contribution in [0.2, 0.25) is 0 Å². The Bertz CT molecular complexity index is 1390. The average Bonchev–Trinajstić information content (AvgIpc) is 3.62. The molecule has 1 atom stereocenters. The molecular formula is C28H28N4O3. The minimum atomic E-state index is -0.987. The zero-order chi connectivity index (χ0) is 24.5. The van der Waals surface area contributed by atoms with Gasteiger partial charge in [-0.1, -0.05) is 48.5 Å². The van der Waals surface area contributed by atoms with Crippen LogP contribution in [0.25, 0.3) is 22.2 Å². The van der Waals surface area contributed by atoms with Crippen LogP contribution in [0.5, 0.6) is 0 Å². The number of nitrogens with one attached hydrogen (secondary N) is 1. The van der Waals surface area contributed by atoms with Crippen LogP contribution in [0.4, 0.5) is 5.69 Å². The van der Waals surface area contributed by atoms with Crippen LogP contribution in [0.15, 0.2) is 66.9 Å². The monoisotopic (exact) mass is 468 g/mol. The second-order valence-electron chi connectivity index (χ2n) is 9.24. The van der Waals surface area contributed by atoms with Crippen LogP contribution in [0.3, 0.4) is 0 Å². The first-order valence-electron chi connectivity index (χ1n) is 12.0. The molecule has 1 aliphatic rings. The number of hydrogen-bond acceptors (Lipinski definition) is 5. The lowest BCUT2D eigenvalue weighted by atomic mass is 10.0. The minimum Gasteiger partial charge on any atom is -0.449 e. The van der Waals surface area contributed by atoms with Crippen molar-refractivity contribution in [3.05, 3.63) is 78.1 Å². The largest absolute Gasteiger partial charge is 0.449 e. The van der Waals surface area contributed by atoms with Crippen molar-refractivity contribution in [1.29, 1.82) is 0 Å². The van der Waals surface area contributed by atoms with Crippen LogP contribution in [-0.2, 0) is 9.53 Å². The predicted octanol–water partition coefficient (Wildman–Crippen LogP) is 5.74. The quantitative estimate of drug-likeness (QED) is 0.350. The van der Waals surface area contributed by atoms with E-state index in [2.05, 4.69) is 10.4 Å². The first kappa shape index (κ1) is 22.8. The summed E-state index contributed by atoms with van der Waals surface area (Å²) in [4.78, 5) is 31.0. The number of esters is 1. The third-order valence-corrected chi connectivity index (χ3v) is 6.21. The van der Waals surface area contributed by atoms with Gasteiger partial charge in [-0.3, -0.25) is 4.79 Å². The van der Waals surface area contributed by atoms with Crippen molar-refractivity contribution in [3.63, 3.8) is 0 Å². The van der Waals surface area contributed by atoms with Crippen molar-refractivity contribution in [2.45, 2.75) is 51.7 Å². The molecule has 0 aliphatic heterocycles. The molecule has 4 aromatic rings. The maximum atomic E-state index is 13.2. The van der Waals surface area contributed by atoms with E-state index in [1.165, 1.54) is 0 Å². The SMILES string of the molecule is CC(OC(=O)c1cc(C2CC2)nc2c1cnn2C(C)C)C(=O)Nc1ccccc1-c1ccccc1. The van der Waals surface area contributed by atoms with Crippen LogP contribution in [0.1, 0.15) is 61.6 Å². The number of amides is 1. The number of nitrogens with zero attached hydrogens (tertiary/aromatic N) is 3. The van der Waals surface area contributed by atoms with Gasteiger partial charge in [-0.15, -0.1) is 0 Å². The fourth-order valence-corrected chi connectivity index (χ4v) is 4.15. The van der Waals surface area contributed by atoms with Gasteiger partial charge in [-0.25, -0.2) is 14.5 Å². The summed E-state index contributed by atoms with van der Waals surface area (Å²) in [7, 11) is 0. The first-order valence-corrected chi connectivity index (χ1v) is 12.0. The van der Waals surface area contributed by atoms with E-state index in [0.717, 1.165) is 29.7 Å². The lowest BCUT2D eigenvalue weighted by Crippen LogP contribution is -2.30. The Morgan fingerprint density at radius 3 is 2.46 bits per heavy atom. The highest BCUT2D eigenvalue weighted by Gasteiger charge is 2.29. The smallest absolute Gasteiger partial charge is 0.339 e. The molecule has 1 aliphatic carbocycles. The van der Waals surface area contributed by atoms with Crippen molar-refractivity contribution in [1.82, 2.24) is 14.8 Å². The number of carbonyl (C=O) groups is 2. The van der Waals surface area contributed by atoms with Crippen LogP contribution in [-0.4, -0.2) is 32.7 Å². The maximum Gasteiger partial charge on any atom is 0.339 e. The number of pyridine rings is 1. The molecule has 2 aromatic carbocycles. The van der Waals surface area contributed by atoms with Gasteiger partial charge in [0.1, 0.15) is 0 Å². The molecule has 1 saturated carbocycles. The molecule has 2 heterocycles. The molecule has 1 fully saturated rings. The lowest BCUT2D eigenvalue weighted by Gasteiger charge is -2.16. The van der Waals surface area contributed by atoms with E-state index in [0.29, 0.717) is 28.2 Å². The standard InChI is InChI=1S/C28H28N4O3/c1-17(2)32-26-23(16-29-32)22(15-25(30-26)20-13-14-20)28(34)35-18(3)27(33)31-24-12-8-7-11-21(24)19-9-5-4-6-10-19/h4-12,15-18,20H,13-14H2,1-3H3,(H,31,33). The molecule has 1 unspecified atom stereocenters. The molecule has 5 rings (SSSR count). The molecule has 2 aromatic heterocycles. The highest BCUT2D eigenvalue weighted by molar-refractivity contribution is 6.05. The zero-order valence-electron chi connectivity index (χ0n) is 20.1. The maximum absolute atomic E-state index is 13.2. The van der Waals surface area contributed by atoms with Gasteiger partial charge in [-0.05, 0) is 51.3 Å². The summed E-state index contributed by atoms with van der Waals surface area (Å²) in [5.41, 5.74) is 4.49. The van der Waals surface area contributed by atoms with Gasteiger partial charge in [0, 0.05) is 28.9 Å². The summed E-state index contributed by atoms with van der Waals surface area (Å²) in [6, 6.07) is 19.3. The van der Waals surface area contributed by atoms with E-state index in [1.54, 1.807) is 19.2 Å². The molecule has 0 spiro atoms. The summed E-state index contributed by atoms with van der Waals surface area (Å²) in [5, 5.41) is 7.99. The van der Waals surface area contributed by atoms with Crippen molar-refractivity contribution in [3.8, 4) is 11.1 Å². The van der Waals surface area contributed by atoms with Gasteiger partial charge in [0.15, 0.2) is 11.8 Å². The lowest BCUT2D eigenvalue weighted by molar-refractivity contribution is -0.123. The molecule has 0 bridgehead atoms. The number of benzene rings is 2. The fourth-order valence-electron chi connectivity index (χ4n) is 4.15. The van der Waals surface area contributed by atoms with E-state index in [1.807, 2.05) is 73.1 Å². The van der Waals surface area contributed by atoms with Crippen molar-refractivity contribution >= 4 is 28.6 Å². The summed E-state index contributed by atoms with van der Waals surface area (Å²) in [5.74, 6) is -0.592. The van der Waals surface area contributed by atoms with E-state index >= 15 is 0 Å². The Hall–Kier alpha value is -4.00. The Kier molecular flexibility index (Phi) is 6.07. The van der Waals surface area contributed by atoms with Gasteiger partial charge in [0.2, 0.25) is 0 Å². The summed E-state index contributed by atoms with van der Waals surface area (Å²) in [6.07, 6.45) is 2.78. The van der Waals surface area contributed by atoms with E-state index in [9.17, 15) is 9.59 Å². The molecule has 1 N–H and O–H groups in total. The number of hydrogen-bond donors (Lipinski definition) is 1. The summed E-state index contributed by atoms with van der Waals surface area (Å²) in [6.45, 7) is 5.63. The number of ether oxygens (including phenoxy) is 1. The van der Waals surface area contributed by atoms with Gasteiger partial charge in [0.25, 0.3) is 5.91 Å². The predicted molar refractivity (Wildman–Crippen MR) is 135 cm³/mol. The van der Waals surface area contributed by atoms with Crippen LogP contribution >= 0.6 is 0 Å². The summed E-state index contributed by atoms with van der Waals surface area (Å²) >= 11 is 0. The van der Waals surface area contributed by atoms with Crippen molar-refractivity contribution in [2.24, 2.45) is 0 Å². The third kappa shape index (κ3) is 4.67. The first-order chi connectivity index (χ1) is 16.9. The molecule has 0 radical (unpaired) electrons. The highest BCUT2D eigenvalue weighted by atomic mass is 16.5. The van der Waals surface area contributed by atoms with E-state index in [4.69, 9.17) is 9.72 Å². The van der Waals surface area contributed by atoms with E-state index in [-0.39, 0.29) is 6.04 Å². The number of aromatic nitrogens is 3. The molecule has 35 heavy (non-hydrogen) atoms. The van der Waals surface area contributed by atoms with Gasteiger partial charge in [0.05, 0.1) is 17.1 Å². The second-order valence-corrected chi connectivity index (χ2v) is 9.24. The van der Waals surface area contributed by atoms with E-state index < -0.39 is 18.0 Å². The van der Waals surface area contributed by atoms with Gasteiger partial charge >= 0.3 is 5.97 Å².